The number of hydrogen-bond donors (Lipinski definition) is 1. The van der Waals surface area contributed by atoms with Crippen LogP contribution in [0.5, 0.6) is 0 Å². The molecule has 1 aliphatic heterocycles. The predicted octanol–water partition coefficient (Wildman–Crippen LogP) is 2.81. The van der Waals surface area contributed by atoms with Gasteiger partial charge >= 0.3 is 5.97 Å². The molecular weight excluding hydrogens is 258 g/mol. The summed E-state index contributed by atoms with van der Waals surface area (Å²) in [5.41, 5.74) is 2.17. The third-order valence-electron chi connectivity index (χ3n) is 3.64. The average Bonchev–Trinajstić information content (AvgIpc) is 2.42. The monoisotopic (exact) mass is 279 g/mol. The molecule has 0 fully saturated rings. The topological polar surface area (TPSA) is 40.5 Å². The summed E-state index contributed by atoms with van der Waals surface area (Å²) in [5, 5.41) is 9.38. The highest BCUT2D eigenvalue weighted by atomic mass is 32.2. The summed E-state index contributed by atoms with van der Waals surface area (Å²) in [5.74, 6) is 0.110. The van der Waals surface area contributed by atoms with Gasteiger partial charge in [-0.25, -0.2) is 0 Å². The Balaban J connectivity index is 2.01. The number of fused-ring (bicyclic) bond motifs is 1. The molecule has 3 nitrogen and oxygen atoms in total. The Hall–Kier alpha value is -1.00. The molecule has 0 spiro atoms. The Morgan fingerprint density at radius 1 is 1.42 bits per heavy atom. The zero-order valence-corrected chi connectivity index (χ0v) is 12.2. The predicted molar refractivity (Wildman–Crippen MR) is 79.7 cm³/mol. The number of carbonyl (C=O) groups is 1. The van der Waals surface area contributed by atoms with Crippen molar-refractivity contribution >= 4 is 17.7 Å². The highest BCUT2D eigenvalue weighted by molar-refractivity contribution is 7.98. The first-order valence-electron chi connectivity index (χ1n) is 6.74. The number of unbranched alkanes of at least 4 members (excludes halogenated alkanes) is 1. The molecule has 0 saturated carbocycles. The van der Waals surface area contributed by atoms with Gasteiger partial charge in [-0.3, -0.25) is 9.69 Å². The molecule has 1 aromatic rings. The fourth-order valence-corrected chi connectivity index (χ4v) is 3.14. The highest BCUT2D eigenvalue weighted by Crippen LogP contribution is 2.28. The molecule has 104 valence electrons. The second kappa shape index (κ2) is 6.96. The van der Waals surface area contributed by atoms with Crippen molar-refractivity contribution in [1.29, 1.82) is 0 Å². The van der Waals surface area contributed by atoms with Crippen LogP contribution in [-0.4, -0.2) is 41.1 Å². The molecule has 0 aliphatic carbocycles. The van der Waals surface area contributed by atoms with Gasteiger partial charge in [0, 0.05) is 13.1 Å². The molecule has 1 aliphatic rings. The van der Waals surface area contributed by atoms with E-state index in [-0.39, 0.29) is 5.92 Å². The van der Waals surface area contributed by atoms with E-state index in [0.717, 1.165) is 25.1 Å². The Kier molecular flexibility index (Phi) is 5.28. The van der Waals surface area contributed by atoms with E-state index in [9.17, 15) is 9.90 Å². The van der Waals surface area contributed by atoms with E-state index in [4.69, 9.17) is 0 Å². The Labute approximate surface area is 119 Å². The first-order valence-corrected chi connectivity index (χ1v) is 8.13. The fraction of sp³-hybridized carbons (Fsp3) is 0.533. The SMILES string of the molecule is CSCCCCN1Cc2ccccc2C(C(=O)O)C1. The van der Waals surface area contributed by atoms with Crippen molar-refractivity contribution in [2.45, 2.75) is 25.3 Å². The van der Waals surface area contributed by atoms with E-state index < -0.39 is 5.97 Å². The highest BCUT2D eigenvalue weighted by Gasteiger charge is 2.29. The van der Waals surface area contributed by atoms with Crippen molar-refractivity contribution in [2.75, 3.05) is 25.1 Å². The summed E-state index contributed by atoms with van der Waals surface area (Å²) in [6, 6.07) is 7.94. The average molecular weight is 279 g/mol. The van der Waals surface area contributed by atoms with Gasteiger partial charge in [0.15, 0.2) is 0 Å². The normalized spacial score (nSPS) is 19.1. The molecule has 0 saturated heterocycles. The third kappa shape index (κ3) is 3.74. The van der Waals surface area contributed by atoms with E-state index in [1.807, 2.05) is 30.0 Å². The van der Waals surface area contributed by atoms with E-state index >= 15 is 0 Å². The van der Waals surface area contributed by atoms with Gasteiger partial charge in [0.2, 0.25) is 0 Å². The molecule has 4 heteroatoms. The number of thioether (sulfide) groups is 1. The van der Waals surface area contributed by atoms with E-state index in [1.165, 1.54) is 17.7 Å². The van der Waals surface area contributed by atoms with Gasteiger partial charge in [0.05, 0.1) is 5.92 Å². The van der Waals surface area contributed by atoms with Crippen molar-refractivity contribution in [3.8, 4) is 0 Å². The number of hydrogen-bond acceptors (Lipinski definition) is 3. The van der Waals surface area contributed by atoms with Crippen molar-refractivity contribution in [3.63, 3.8) is 0 Å². The van der Waals surface area contributed by atoms with Gasteiger partial charge in [-0.15, -0.1) is 0 Å². The summed E-state index contributed by atoms with van der Waals surface area (Å²) in [6.45, 7) is 2.53. The number of aliphatic carboxylic acids is 1. The molecule has 1 N–H and O–H groups in total. The minimum absolute atomic E-state index is 0.370. The summed E-state index contributed by atoms with van der Waals surface area (Å²) in [4.78, 5) is 13.7. The summed E-state index contributed by atoms with van der Waals surface area (Å²) >= 11 is 1.87. The van der Waals surface area contributed by atoms with Crippen molar-refractivity contribution < 1.29 is 9.90 Å². The number of rotatable bonds is 6. The first-order chi connectivity index (χ1) is 9.22. The van der Waals surface area contributed by atoms with Gasteiger partial charge in [-0.2, -0.15) is 11.8 Å². The molecule has 0 aromatic heterocycles. The van der Waals surface area contributed by atoms with E-state index in [2.05, 4.69) is 17.2 Å². The molecule has 0 radical (unpaired) electrons. The van der Waals surface area contributed by atoms with E-state index in [0.29, 0.717) is 6.54 Å². The minimum Gasteiger partial charge on any atom is -0.481 e. The molecular formula is C15H21NO2S. The smallest absolute Gasteiger partial charge is 0.312 e. The summed E-state index contributed by atoms with van der Waals surface area (Å²) < 4.78 is 0. The van der Waals surface area contributed by atoms with Gasteiger partial charge in [0.1, 0.15) is 0 Å². The lowest BCUT2D eigenvalue weighted by Crippen LogP contribution is -2.37. The molecule has 1 unspecified atom stereocenters. The van der Waals surface area contributed by atoms with Gasteiger partial charge in [0.25, 0.3) is 0 Å². The van der Waals surface area contributed by atoms with Crippen LogP contribution in [0, 0.1) is 0 Å². The van der Waals surface area contributed by atoms with Crippen molar-refractivity contribution in [2.24, 2.45) is 0 Å². The fourth-order valence-electron chi connectivity index (χ4n) is 2.64. The maximum atomic E-state index is 11.4. The van der Waals surface area contributed by atoms with Crippen LogP contribution in [0.3, 0.4) is 0 Å². The largest absolute Gasteiger partial charge is 0.481 e. The van der Waals surface area contributed by atoms with E-state index in [1.54, 1.807) is 0 Å². The van der Waals surface area contributed by atoms with Gasteiger partial charge in [-0.1, -0.05) is 24.3 Å². The van der Waals surface area contributed by atoms with Crippen LogP contribution in [0.1, 0.15) is 29.9 Å². The molecule has 2 rings (SSSR count). The van der Waals surface area contributed by atoms with Crippen LogP contribution >= 0.6 is 11.8 Å². The Bertz CT molecular complexity index is 436. The quantitative estimate of drug-likeness (QED) is 0.813. The van der Waals surface area contributed by atoms with Crippen molar-refractivity contribution in [1.82, 2.24) is 4.90 Å². The summed E-state index contributed by atoms with van der Waals surface area (Å²) in [6.07, 6.45) is 4.48. The second-order valence-electron chi connectivity index (χ2n) is 5.02. The minimum atomic E-state index is -0.707. The Morgan fingerprint density at radius 2 is 2.21 bits per heavy atom. The third-order valence-corrected chi connectivity index (χ3v) is 4.33. The molecule has 0 amide bonds. The van der Waals surface area contributed by atoms with Crippen molar-refractivity contribution in [3.05, 3.63) is 35.4 Å². The lowest BCUT2D eigenvalue weighted by atomic mass is 9.90. The number of nitrogens with zero attached hydrogens (tertiary/aromatic N) is 1. The molecule has 19 heavy (non-hydrogen) atoms. The Morgan fingerprint density at radius 3 is 2.95 bits per heavy atom. The number of carboxylic acid groups (broad SMARTS) is 1. The van der Waals surface area contributed by atoms with Crippen LogP contribution in [0.2, 0.25) is 0 Å². The maximum absolute atomic E-state index is 11.4. The van der Waals surface area contributed by atoms with Crippen LogP contribution < -0.4 is 0 Å². The molecule has 1 heterocycles. The van der Waals surface area contributed by atoms with Crippen LogP contribution in [0.15, 0.2) is 24.3 Å². The molecule has 0 bridgehead atoms. The zero-order chi connectivity index (χ0) is 13.7. The standard InChI is InChI=1S/C15H21NO2S/c1-19-9-5-4-8-16-10-12-6-2-3-7-13(12)14(11-16)15(17)18/h2-3,6-7,14H,4-5,8-11H2,1H3,(H,17,18). The van der Waals surface area contributed by atoms with Crippen LogP contribution in [0.25, 0.3) is 0 Å². The molecule has 1 atom stereocenters. The number of benzene rings is 1. The second-order valence-corrected chi connectivity index (χ2v) is 6.01. The first kappa shape index (κ1) is 14.4. The van der Waals surface area contributed by atoms with Crippen LogP contribution in [-0.2, 0) is 11.3 Å². The zero-order valence-electron chi connectivity index (χ0n) is 11.3. The lowest BCUT2D eigenvalue weighted by Gasteiger charge is -2.32. The van der Waals surface area contributed by atoms with Gasteiger partial charge < -0.3 is 5.11 Å². The van der Waals surface area contributed by atoms with Gasteiger partial charge in [-0.05, 0) is 42.5 Å². The maximum Gasteiger partial charge on any atom is 0.312 e. The number of carboxylic acids is 1. The summed E-state index contributed by atoms with van der Waals surface area (Å²) in [7, 11) is 0. The molecule has 1 aromatic carbocycles. The lowest BCUT2D eigenvalue weighted by molar-refractivity contribution is -0.139. The van der Waals surface area contributed by atoms with Crippen LogP contribution in [0.4, 0.5) is 0 Å².